The standard InChI is InChI=1S/C30H39N7O3S/c1-18(2)40-25-16-22(21-11-13-37(6)14-12-21)20(5)15-24(25)34-30-35-28-27(31-17-32-28)29(36-30)33-23-9-7-8-10-26(23)41(38,39)19(3)4/h7-10,15-19,21H,11-14H2,1-6H3,(H3,31,32,33,34,35,36). The van der Waals surface area contributed by atoms with Crippen LogP contribution in [0.2, 0.25) is 0 Å². The van der Waals surface area contributed by atoms with Crippen molar-refractivity contribution in [2.75, 3.05) is 30.8 Å². The number of nitrogens with zero attached hydrogens (tertiary/aromatic N) is 4. The predicted molar refractivity (Wildman–Crippen MR) is 163 cm³/mol. The Kier molecular flexibility index (Phi) is 8.19. The third-order valence-electron chi connectivity index (χ3n) is 7.49. The van der Waals surface area contributed by atoms with Crippen molar-refractivity contribution in [1.82, 2.24) is 24.8 Å². The smallest absolute Gasteiger partial charge is 0.231 e. The average molecular weight is 578 g/mol. The number of fused-ring (bicyclic) bond motifs is 1. The molecule has 0 radical (unpaired) electrons. The summed E-state index contributed by atoms with van der Waals surface area (Å²) in [6.07, 6.45) is 3.76. The molecular weight excluding hydrogens is 538 g/mol. The van der Waals surface area contributed by atoms with E-state index in [0.717, 1.165) is 37.4 Å². The molecule has 0 amide bonds. The first-order chi connectivity index (χ1) is 19.5. The van der Waals surface area contributed by atoms with E-state index in [9.17, 15) is 8.42 Å². The van der Waals surface area contributed by atoms with Crippen LogP contribution in [0.15, 0.2) is 47.6 Å². The van der Waals surface area contributed by atoms with E-state index < -0.39 is 15.1 Å². The van der Waals surface area contributed by atoms with Gasteiger partial charge < -0.3 is 25.3 Å². The fraction of sp³-hybridized carbons (Fsp3) is 0.433. The summed E-state index contributed by atoms with van der Waals surface area (Å²) < 4.78 is 32.4. The second-order valence-corrected chi connectivity index (χ2v) is 13.8. The normalized spacial score (nSPS) is 15.1. The molecule has 11 heteroatoms. The third kappa shape index (κ3) is 6.15. The van der Waals surface area contributed by atoms with Gasteiger partial charge in [0, 0.05) is 0 Å². The summed E-state index contributed by atoms with van der Waals surface area (Å²) in [6, 6.07) is 11.1. The van der Waals surface area contributed by atoms with Gasteiger partial charge in [0.2, 0.25) is 5.95 Å². The van der Waals surface area contributed by atoms with Gasteiger partial charge in [-0.2, -0.15) is 9.97 Å². The second-order valence-electron chi connectivity index (χ2n) is 11.3. The Labute approximate surface area is 241 Å². The lowest BCUT2D eigenvalue weighted by Crippen LogP contribution is -2.29. The number of nitrogens with one attached hydrogen (secondary N) is 3. The number of sulfone groups is 1. The number of aromatic nitrogens is 4. The fourth-order valence-corrected chi connectivity index (χ4v) is 6.41. The van der Waals surface area contributed by atoms with E-state index in [1.807, 2.05) is 13.8 Å². The molecule has 2 aromatic heterocycles. The van der Waals surface area contributed by atoms with Crippen molar-refractivity contribution in [2.24, 2.45) is 0 Å². The summed E-state index contributed by atoms with van der Waals surface area (Å²) in [7, 11) is -1.36. The molecule has 5 rings (SSSR count). The van der Waals surface area contributed by atoms with Gasteiger partial charge in [0.1, 0.15) is 11.3 Å². The Morgan fingerprint density at radius 2 is 1.76 bits per heavy atom. The highest BCUT2D eigenvalue weighted by molar-refractivity contribution is 7.92. The van der Waals surface area contributed by atoms with Crippen molar-refractivity contribution in [2.45, 2.75) is 69.6 Å². The molecule has 41 heavy (non-hydrogen) atoms. The number of imidazole rings is 1. The molecule has 0 aliphatic carbocycles. The third-order valence-corrected chi connectivity index (χ3v) is 9.70. The van der Waals surface area contributed by atoms with Crippen molar-refractivity contribution in [3.05, 3.63) is 53.9 Å². The molecule has 10 nitrogen and oxygen atoms in total. The Morgan fingerprint density at radius 1 is 1.02 bits per heavy atom. The van der Waals surface area contributed by atoms with Crippen molar-refractivity contribution in [3.8, 4) is 5.75 Å². The number of anilines is 4. The van der Waals surface area contributed by atoms with Crippen LogP contribution in [0.3, 0.4) is 0 Å². The molecule has 1 aliphatic heterocycles. The highest BCUT2D eigenvalue weighted by atomic mass is 32.2. The topological polar surface area (TPSA) is 125 Å². The maximum Gasteiger partial charge on any atom is 0.231 e. The molecule has 1 fully saturated rings. The van der Waals surface area contributed by atoms with Crippen LogP contribution in [0, 0.1) is 6.92 Å². The van der Waals surface area contributed by atoms with Crippen LogP contribution < -0.4 is 15.4 Å². The number of benzene rings is 2. The molecule has 0 bridgehead atoms. The van der Waals surface area contributed by atoms with Gasteiger partial charge >= 0.3 is 0 Å². The van der Waals surface area contributed by atoms with Gasteiger partial charge in [-0.25, -0.2) is 13.4 Å². The van der Waals surface area contributed by atoms with E-state index in [4.69, 9.17) is 9.72 Å². The van der Waals surface area contributed by atoms with Crippen LogP contribution in [0.25, 0.3) is 11.2 Å². The number of H-pyrrole nitrogens is 1. The number of likely N-dealkylation sites (tertiary alicyclic amines) is 1. The minimum absolute atomic E-state index is 0.0185. The van der Waals surface area contributed by atoms with Crippen molar-refractivity contribution < 1.29 is 13.2 Å². The maximum atomic E-state index is 13.1. The zero-order valence-corrected chi connectivity index (χ0v) is 25.3. The number of para-hydroxylation sites is 1. The first-order valence-corrected chi connectivity index (χ1v) is 15.7. The largest absolute Gasteiger partial charge is 0.489 e. The van der Waals surface area contributed by atoms with Gasteiger partial charge in [0.05, 0.1) is 34.0 Å². The molecule has 3 N–H and O–H groups in total. The zero-order chi connectivity index (χ0) is 29.3. The Bertz CT molecular complexity index is 1640. The van der Waals surface area contributed by atoms with Gasteiger partial charge in [-0.15, -0.1) is 0 Å². The fourth-order valence-electron chi connectivity index (χ4n) is 5.21. The summed E-state index contributed by atoms with van der Waals surface area (Å²) >= 11 is 0. The quantitative estimate of drug-likeness (QED) is 0.222. The number of aryl methyl sites for hydroxylation is 1. The highest BCUT2D eigenvalue weighted by Crippen LogP contribution is 2.38. The number of aromatic amines is 1. The Balaban J connectivity index is 1.52. The highest BCUT2D eigenvalue weighted by Gasteiger charge is 2.25. The average Bonchev–Trinajstić information content (AvgIpc) is 3.40. The summed E-state index contributed by atoms with van der Waals surface area (Å²) in [5.41, 5.74) is 4.71. The number of piperidine rings is 1. The number of hydrogen-bond donors (Lipinski definition) is 3. The molecule has 0 saturated carbocycles. The number of ether oxygens (including phenoxy) is 1. The SMILES string of the molecule is Cc1cc(Nc2nc(Nc3ccccc3S(=O)(=O)C(C)C)c3[nH]cnc3n2)c(OC(C)C)cc1C1CCN(C)CC1. The van der Waals surface area contributed by atoms with E-state index in [1.54, 1.807) is 44.4 Å². The summed E-state index contributed by atoms with van der Waals surface area (Å²) in [4.78, 5) is 19.4. The van der Waals surface area contributed by atoms with Crippen LogP contribution in [0.5, 0.6) is 5.75 Å². The maximum absolute atomic E-state index is 13.1. The molecule has 1 saturated heterocycles. The lowest BCUT2D eigenvalue weighted by atomic mass is 9.86. The van der Waals surface area contributed by atoms with E-state index >= 15 is 0 Å². The minimum atomic E-state index is -3.53. The van der Waals surface area contributed by atoms with Gasteiger partial charge in [-0.1, -0.05) is 12.1 Å². The van der Waals surface area contributed by atoms with E-state index in [-0.39, 0.29) is 11.0 Å². The van der Waals surface area contributed by atoms with Gasteiger partial charge in [0.25, 0.3) is 0 Å². The predicted octanol–water partition coefficient (Wildman–Crippen LogP) is 5.93. The monoisotopic (exact) mass is 577 g/mol. The number of hydrogen-bond acceptors (Lipinski definition) is 9. The molecule has 0 atom stereocenters. The first kappa shape index (κ1) is 28.8. The first-order valence-electron chi connectivity index (χ1n) is 14.1. The van der Waals surface area contributed by atoms with Crippen molar-refractivity contribution >= 4 is 44.1 Å². The molecule has 218 valence electrons. The molecule has 0 unspecified atom stereocenters. The lowest BCUT2D eigenvalue weighted by molar-refractivity contribution is 0.241. The molecule has 0 spiro atoms. The molecular formula is C30H39N7O3S. The summed E-state index contributed by atoms with van der Waals surface area (Å²) in [5.74, 6) is 1.96. The second kappa shape index (κ2) is 11.7. The van der Waals surface area contributed by atoms with Gasteiger partial charge in [-0.05, 0) is 109 Å². The van der Waals surface area contributed by atoms with Crippen LogP contribution in [0.1, 0.15) is 57.6 Å². The molecule has 2 aromatic carbocycles. The zero-order valence-electron chi connectivity index (χ0n) is 24.5. The van der Waals surface area contributed by atoms with E-state index in [2.05, 4.69) is 56.6 Å². The molecule has 1 aliphatic rings. The summed E-state index contributed by atoms with van der Waals surface area (Å²) in [6.45, 7) is 11.7. The van der Waals surface area contributed by atoms with Crippen LogP contribution in [-0.2, 0) is 9.84 Å². The van der Waals surface area contributed by atoms with Gasteiger partial charge in [0.15, 0.2) is 21.3 Å². The number of rotatable bonds is 9. The van der Waals surface area contributed by atoms with Crippen molar-refractivity contribution in [1.29, 1.82) is 0 Å². The van der Waals surface area contributed by atoms with Gasteiger partial charge in [-0.3, -0.25) is 0 Å². The summed E-state index contributed by atoms with van der Waals surface area (Å²) in [5, 5.41) is 6.02. The Morgan fingerprint density at radius 3 is 2.46 bits per heavy atom. The van der Waals surface area contributed by atoms with Crippen LogP contribution in [0.4, 0.5) is 23.1 Å². The van der Waals surface area contributed by atoms with E-state index in [1.165, 1.54) is 11.1 Å². The van der Waals surface area contributed by atoms with Crippen LogP contribution in [-0.4, -0.2) is 64.7 Å². The molecule has 3 heterocycles. The van der Waals surface area contributed by atoms with Crippen molar-refractivity contribution in [3.63, 3.8) is 0 Å². The minimum Gasteiger partial charge on any atom is -0.489 e. The Hall–Kier alpha value is -3.70. The molecule has 4 aromatic rings. The lowest BCUT2D eigenvalue weighted by Gasteiger charge is -2.30. The van der Waals surface area contributed by atoms with Crippen LogP contribution >= 0.6 is 0 Å². The van der Waals surface area contributed by atoms with E-state index in [0.29, 0.717) is 34.5 Å².